The monoisotopic (exact) mass is 555 g/mol. The standard InChI is InChI=1S/C24H16N4.Pt/c25-23(17-9-3-1-4-10-17)21-15-7-13-19(27-21)20-14-8-16-22(28-20)24(26)18-11-5-2-6-12-18;/h1-16H;/q-2;+2. The van der Waals surface area contributed by atoms with E-state index in [9.17, 15) is 10.8 Å². The summed E-state index contributed by atoms with van der Waals surface area (Å²) in [6.07, 6.45) is 0. The largest absolute Gasteiger partial charge is 2.00 e. The van der Waals surface area contributed by atoms with Crippen LogP contribution in [0.5, 0.6) is 0 Å². The van der Waals surface area contributed by atoms with E-state index in [0.29, 0.717) is 33.9 Å². The van der Waals surface area contributed by atoms with E-state index in [1.807, 2.05) is 84.9 Å². The number of nitrogens with zero attached hydrogens (tertiary/aromatic N) is 4. The number of hydrogen-bond acceptors (Lipinski definition) is 2. The van der Waals surface area contributed by atoms with Gasteiger partial charge in [-0.3, -0.25) is 0 Å². The second-order valence-corrected chi connectivity index (χ2v) is 6.25. The van der Waals surface area contributed by atoms with Gasteiger partial charge in [0.15, 0.2) is 0 Å². The Morgan fingerprint density at radius 1 is 0.483 bits per heavy atom. The molecule has 0 radical (unpaired) electrons. The summed E-state index contributed by atoms with van der Waals surface area (Å²) in [7, 11) is 0. The molecule has 0 fully saturated rings. The third kappa shape index (κ3) is 4.61. The molecule has 5 heteroatoms. The first-order valence-electron chi connectivity index (χ1n) is 8.90. The average Bonchev–Trinajstić information content (AvgIpc) is 2.79. The molecule has 2 aromatic carbocycles. The molecule has 0 aliphatic heterocycles. The van der Waals surface area contributed by atoms with Crippen molar-refractivity contribution in [2.24, 2.45) is 0 Å². The SMILES string of the molecule is [N-]=C(c1ccccc1)c1cccc(-c2cccc(C(=[N-])c3ccccc3)n2)n1.[Pt+2]. The van der Waals surface area contributed by atoms with Gasteiger partial charge in [-0.1, -0.05) is 72.8 Å². The van der Waals surface area contributed by atoms with Crippen molar-refractivity contribution in [3.8, 4) is 11.4 Å². The number of rotatable bonds is 5. The van der Waals surface area contributed by atoms with Crippen LogP contribution in [0, 0.1) is 0 Å². The Labute approximate surface area is 184 Å². The van der Waals surface area contributed by atoms with Gasteiger partial charge in [0.25, 0.3) is 0 Å². The Morgan fingerprint density at radius 3 is 1.24 bits per heavy atom. The maximum Gasteiger partial charge on any atom is 2.00 e. The van der Waals surface area contributed by atoms with Crippen LogP contribution in [-0.2, 0) is 21.1 Å². The van der Waals surface area contributed by atoms with Crippen molar-refractivity contribution in [3.05, 3.63) is 130 Å². The smallest absolute Gasteiger partial charge is 0.802 e. The molecule has 2 aromatic heterocycles. The van der Waals surface area contributed by atoms with E-state index in [1.54, 1.807) is 12.1 Å². The van der Waals surface area contributed by atoms with Crippen LogP contribution in [0.15, 0.2) is 97.1 Å². The van der Waals surface area contributed by atoms with E-state index in [2.05, 4.69) is 9.97 Å². The molecule has 0 aliphatic carbocycles. The van der Waals surface area contributed by atoms with E-state index < -0.39 is 0 Å². The van der Waals surface area contributed by atoms with Gasteiger partial charge in [0.2, 0.25) is 0 Å². The fourth-order valence-corrected chi connectivity index (χ4v) is 2.91. The molecule has 0 spiro atoms. The minimum Gasteiger partial charge on any atom is -0.802 e. The number of aromatic nitrogens is 2. The predicted octanol–water partition coefficient (Wildman–Crippen LogP) is 4.95. The summed E-state index contributed by atoms with van der Waals surface area (Å²) in [6.45, 7) is 0. The van der Waals surface area contributed by atoms with Crippen LogP contribution < -0.4 is 0 Å². The normalized spacial score (nSPS) is 10.1. The first-order chi connectivity index (χ1) is 13.7. The minimum absolute atomic E-state index is 0. The molecule has 0 N–H and O–H groups in total. The summed E-state index contributed by atoms with van der Waals surface area (Å²) in [4.78, 5) is 9.10. The maximum atomic E-state index is 10.5. The van der Waals surface area contributed by atoms with E-state index in [0.717, 1.165) is 0 Å². The molecule has 2 heterocycles. The van der Waals surface area contributed by atoms with E-state index in [1.165, 1.54) is 0 Å². The van der Waals surface area contributed by atoms with Crippen LogP contribution in [0.3, 0.4) is 0 Å². The van der Waals surface area contributed by atoms with E-state index in [4.69, 9.17) is 0 Å². The topological polar surface area (TPSA) is 70.4 Å². The molecular formula is C24H16N4Pt. The van der Waals surface area contributed by atoms with Crippen LogP contribution in [-0.4, -0.2) is 21.4 Å². The first kappa shape index (κ1) is 20.5. The maximum absolute atomic E-state index is 10.5. The molecule has 0 saturated heterocycles. The van der Waals surface area contributed by atoms with Crippen molar-refractivity contribution >= 4 is 11.4 Å². The first-order valence-corrected chi connectivity index (χ1v) is 8.90. The van der Waals surface area contributed by atoms with Crippen LogP contribution >= 0.6 is 0 Å². The van der Waals surface area contributed by atoms with Crippen molar-refractivity contribution in [2.45, 2.75) is 0 Å². The predicted molar refractivity (Wildman–Crippen MR) is 113 cm³/mol. The van der Waals surface area contributed by atoms with Crippen LogP contribution in [0.25, 0.3) is 22.2 Å². The van der Waals surface area contributed by atoms with Crippen molar-refractivity contribution < 1.29 is 21.1 Å². The molecule has 0 bridgehead atoms. The summed E-state index contributed by atoms with van der Waals surface area (Å²) in [6, 6.07) is 29.4. The number of pyridine rings is 2. The Bertz CT molecular complexity index is 1050. The zero-order chi connectivity index (χ0) is 19.3. The Kier molecular flexibility index (Phi) is 6.58. The average molecular weight is 555 g/mol. The Balaban J connectivity index is 0.00000240. The molecule has 0 atom stereocenters. The van der Waals surface area contributed by atoms with Crippen molar-refractivity contribution in [1.82, 2.24) is 9.97 Å². The van der Waals surface area contributed by atoms with Crippen molar-refractivity contribution in [1.29, 1.82) is 0 Å². The van der Waals surface area contributed by atoms with Gasteiger partial charge in [-0.15, -0.1) is 11.4 Å². The van der Waals surface area contributed by atoms with E-state index >= 15 is 0 Å². The summed E-state index contributed by atoms with van der Waals surface area (Å²) in [5.74, 6) is 0. The molecule has 0 amide bonds. The molecule has 29 heavy (non-hydrogen) atoms. The minimum atomic E-state index is 0. The zero-order valence-corrected chi connectivity index (χ0v) is 17.6. The quantitative estimate of drug-likeness (QED) is 0.327. The third-order valence-electron chi connectivity index (χ3n) is 4.34. The molecule has 0 saturated carbocycles. The molecule has 0 unspecified atom stereocenters. The number of hydrogen-bond donors (Lipinski definition) is 0. The second kappa shape index (κ2) is 9.31. The summed E-state index contributed by atoms with van der Waals surface area (Å²) < 4.78 is 0. The summed E-state index contributed by atoms with van der Waals surface area (Å²) in [5, 5.41) is 21.1. The van der Waals surface area contributed by atoms with Gasteiger partial charge >= 0.3 is 21.1 Å². The molecule has 4 nitrogen and oxygen atoms in total. The van der Waals surface area contributed by atoms with Crippen LogP contribution in [0.1, 0.15) is 22.5 Å². The molecule has 0 aliphatic rings. The van der Waals surface area contributed by atoms with Gasteiger partial charge in [0.05, 0.1) is 11.4 Å². The van der Waals surface area contributed by atoms with Gasteiger partial charge in [-0.25, -0.2) is 9.97 Å². The van der Waals surface area contributed by atoms with Crippen LogP contribution in [0.2, 0.25) is 0 Å². The molecule has 4 rings (SSSR count). The Hall–Kier alpha value is -3.23. The van der Waals surface area contributed by atoms with Gasteiger partial charge in [0, 0.05) is 11.4 Å². The van der Waals surface area contributed by atoms with Gasteiger partial charge in [-0.2, -0.15) is 0 Å². The van der Waals surface area contributed by atoms with E-state index in [-0.39, 0.29) is 32.5 Å². The third-order valence-corrected chi connectivity index (χ3v) is 4.34. The van der Waals surface area contributed by atoms with Crippen molar-refractivity contribution in [3.63, 3.8) is 0 Å². The number of benzene rings is 2. The summed E-state index contributed by atoms with van der Waals surface area (Å²) >= 11 is 0. The second-order valence-electron chi connectivity index (χ2n) is 6.25. The van der Waals surface area contributed by atoms with Gasteiger partial charge in [0.1, 0.15) is 0 Å². The fraction of sp³-hybridized carbons (Fsp3) is 0. The van der Waals surface area contributed by atoms with Crippen molar-refractivity contribution in [2.75, 3.05) is 0 Å². The van der Waals surface area contributed by atoms with Crippen LogP contribution in [0.4, 0.5) is 0 Å². The summed E-state index contributed by atoms with van der Waals surface area (Å²) in [5.41, 5.74) is 3.77. The van der Waals surface area contributed by atoms with Gasteiger partial charge in [-0.05, 0) is 35.4 Å². The Morgan fingerprint density at radius 2 is 0.862 bits per heavy atom. The van der Waals surface area contributed by atoms with Gasteiger partial charge < -0.3 is 10.8 Å². The fourth-order valence-electron chi connectivity index (χ4n) is 2.91. The zero-order valence-electron chi connectivity index (χ0n) is 15.3. The molecular weight excluding hydrogens is 539 g/mol. The molecule has 4 aromatic rings. The molecule has 142 valence electrons.